The van der Waals surface area contributed by atoms with Gasteiger partial charge in [-0.1, -0.05) is 30.3 Å². The molecule has 2 aromatic carbocycles. The molecule has 6 nitrogen and oxygen atoms in total. The second-order valence-corrected chi connectivity index (χ2v) is 5.63. The van der Waals surface area contributed by atoms with Crippen LogP contribution in [0.1, 0.15) is 12.5 Å². The van der Waals surface area contributed by atoms with Gasteiger partial charge in [-0.05, 0) is 42.8 Å². The summed E-state index contributed by atoms with van der Waals surface area (Å²) in [5.41, 5.74) is 2.76. The van der Waals surface area contributed by atoms with E-state index in [9.17, 15) is 9.59 Å². The number of esters is 1. The van der Waals surface area contributed by atoms with E-state index >= 15 is 0 Å². The monoisotopic (exact) mass is 350 g/mol. The first-order chi connectivity index (χ1) is 12.6. The minimum Gasteiger partial charge on any atom is -0.482 e. The predicted molar refractivity (Wildman–Crippen MR) is 99.0 cm³/mol. The molecule has 0 saturated carbocycles. The largest absolute Gasteiger partial charge is 0.482 e. The van der Waals surface area contributed by atoms with Gasteiger partial charge in [0.15, 0.2) is 6.61 Å². The van der Waals surface area contributed by atoms with E-state index in [4.69, 9.17) is 4.74 Å². The normalized spacial score (nSPS) is 15.2. The fourth-order valence-corrected chi connectivity index (χ4v) is 2.46. The molecule has 26 heavy (non-hydrogen) atoms. The first kappa shape index (κ1) is 17.4. The summed E-state index contributed by atoms with van der Waals surface area (Å²) in [6.07, 6.45) is 1.79. The van der Waals surface area contributed by atoms with Crippen molar-refractivity contribution in [3.8, 4) is 5.75 Å². The van der Waals surface area contributed by atoms with Crippen LogP contribution in [0, 0.1) is 0 Å². The number of para-hydroxylation sites is 1. The lowest BCUT2D eigenvalue weighted by Gasteiger charge is -2.11. The van der Waals surface area contributed by atoms with Crippen LogP contribution in [-0.4, -0.2) is 31.3 Å². The first-order valence-electron chi connectivity index (χ1n) is 8.05. The van der Waals surface area contributed by atoms with Crippen LogP contribution in [0.3, 0.4) is 0 Å². The summed E-state index contributed by atoms with van der Waals surface area (Å²) in [5, 5.41) is 5.75. The Morgan fingerprint density at radius 2 is 1.81 bits per heavy atom. The highest BCUT2D eigenvalue weighted by molar-refractivity contribution is 6.32. The Labute approximate surface area is 151 Å². The summed E-state index contributed by atoms with van der Waals surface area (Å²) in [6, 6.07) is 16.4. The van der Waals surface area contributed by atoms with Gasteiger partial charge in [-0.15, -0.1) is 0 Å². The molecule has 0 spiro atoms. The van der Waals surface area contributed by atoms with Crippen molar-refractivity contribution < 1.29 is 19.1 Å². The van der Waals surface area contributed by atoms with Crippen molar-refractivity contribution in [3.05, 3.63) is 65.7 Å². The fraction of sp³-hybridized carbons (Fsp3) is 0.150. The van der Waals surface area contributed by atoms with E-state index in [0.29, 0.717) is 17.0 Å². The predicted octanol–water partition coefficient (Wildman–Crippen LogP) is 3.04. The Hall–Kier alpha value is -3.41. The second-order valence-electron chi connectivity index (χ2n) is 5.63. The zero-order chi connectivity index (χ0) is 18.5. The average Bonchev–Trinajstić information content (AvgIpc) is 2.96. The summed E-state index contributed by atoms with van der Waals surface area (Å²) in [5.74, 6) is -0.0631. The Balaban J connectivity index is 1.75. The topological polar surface area (TPSA) is 68.2 Å². The van der Waals surface area contributed by atoms with Gasteiger partial charge >= 0.3 is 5.97 Å². The molecule has 0 aliphatic carbocycles. The number of anilines is 1. The number of carbonyl (C=O) groups is 2. The molecule has 0 aromatic heterocycles. The number of nitrogens with zero attached hydrogens (tertiary/aromatic N) is 2. The lowest BCUT2D eigenvalue weighted by molar-refractivity contribution is -0.142. The number of rotatable bonds is 5. The maximum atomic E-state index is 12.7. The van der Waals surface area contributed by atoms with Gasteiger partial charge in [0.05, 0.1) is 24.1 Å². The number of amides is 1. The molecule has 0 saturated heterocycles. The van der Waals surface area contributed by atoms with Crippen molar-refractivity contribution in [2.75, 3.05) is 18.7 Å². The molecule has 1 amide bonds. The smallest absolute Gasteiger partial charge is 0.343 e. The minimum atomic E-state index is -0.444. The van der Waals surface area contributed by atoms with Crippen molar-refractivity contribution in [3.63, 3.8) is 0 Å². The maximum absolute atomic E-state index is 12.7. The number of ether oxygens (including phenoxy) is 2. The highest BCUT2D eigenvalue weighted by Gasteiger charge is 2.28. The lowest BCUT2D eigenvalue weighted by Crippen LogP contribution is -2.21. The number of carbonyl (C=O) groups excluding carboxylic acids is 2. The first-order valence-corrected chi connectivity index (χ1v) is 8.05. The summed E-state index contributed by atoms with van der Waals surface area (Å²) in [6.45, 7) is 1.66. The second kappa shape index (κ2) is 7.65. The molecular weight excluding hydrogens is 332 g/mol. The van der Waals surface area contributed by atoms with Gasteiger partial charge in [0, 0.05) is 0 Å². The van der Waals surface area contributed by atoms with Crippen LogP contribution in [0.5, 0.6) is 5.75 Å². The van der Waals surface area contributed by atoms with E-state index in [0.717, 1.165) is 11.3 Å². The van der Waals surface area contributed by atoms with Crippen LogP contribution in [-0.2, 0) is 14.3 Å². The van der Waals surface area contributed by atoms with Crippen molar-refractivity contribution >= 4 is 29.4 Å². The molecule has 1 aliphatic rings. The quantitative estimate of drug-likeness (QED) is 0.614. The van der Waals surface area contributed by atoms with Crippen LogP contribution < -0.4 is 9.75 Å². The Morgan fingerprint density at radius 3 is 2.46 bits per heavy atom. The molecular formula is C20H18N2O4. The van der Waals surface area contributed by atoms with Crippen molar-refractivity contribution in [2.45, 2.75) is 6.92 Å². The van der Waals surface area contributed by atoms with Gasteiger partial charge in [-0.2, -0.15) is 10.1 Å². The van der Waals surface area contributed by atoms with E-state index in [1.165, 1.54) is 12.1 Å². The fourth-order valence-electron chi connectivity index (χ4n) is 2.46. The maximum Gasteiger partial charge on any atom is 0.343 e. The molecule has 0 radical (unpaired) electrons. The SMILES string of the molecule is COC(=O)COc1ccc(/C=C2\C(=O)N(c3ccccc3)N=C2C)cc1. The van der Waals surface area contributed by atoms with Gasteiger partial charge in [-0.25, -0.2) is 4.79 Å². The Morgan fingerprint density at radius 1 is 1.12 bits per heavy atom. The number of hydrogen-bond acceptors (Lipinski definition) is 5. The molecule has 6 heteroatoms. The van der Waals surface area contributed by atoms with Gasteiger partial charge < -0.3 is 9.47 Å². The van der Waals surface area contributed by atoms with E-state index in [2.05, 4.69) is 9.84 Å². The number of benzene rings is 2. The van der Waals surface area contributed by atoms with Crippen LogP contribution in [0.25, 0.3) is 6.08 Å². The van der Waals surface area contributed by atoms with Crippen LogP contribution >= 0.6 is 0 Å². The highest BCUT2D eigenvalue weighted by Crippen LogP contribution is 2.25. The Bertz CT molecular complexity index is 870. The molecule has 2 aromatic rings. The van der Waals surface area contributed by atoms with Gasteiger partial charge in [0.2, 0.25) is 0 Å². The third kappa shape index (κ3) is 3.80. The minimum absolute atomic E-state index is 0.146. The molecule has 0 N–H and O–H groups in total. The standard InChI is InChI=1S/C20H18N2O4/c1-14-18(20(24)22(21-14)16-6-4-3-5-7-16)12-15-8-10-17(11-9-15)26-13-19(23)25-2/h3-12H,13H2,1-2H3/b18-12-. The molecule has 0 bridgehead atoms. The summed E-state index contributed by atoms with van der Waals surface area (Å²) < 4.78 is 9.83. The van der Waals surface area contributed by atoms with E-state index in [1.54, 1.807) is 25.1 Å². The zero-order valence-corrected chi connectivity index (χ0v) is 14.5. The summed E-state index contributed by atoms with van der Waals surface area (Å²) in [4.78, 5) is 23.8. The lowest BCUT2D eigenvalue weighted by atomic mass is 10.1. The molecule has 3 rings (SSSR count). The number of hydrazone groups is 1. The molecule has 0 unspecified atom stereocenters. The van der Waals surface area contributed by atoms with Gasteiger partial charge in [-0.3, -0.25) is 4.79 Å². The van der Waals surface area contributed by atoms with Gasteiger partial charge in [0.1, 0.15) is 5.75 Å². The third-order valence-corrected chi connectivity index (χ3v) is 3.84. The summed E-state index contributed by atoms with van der Waals surface area (Å²) >= 11 is 0. The molecule has 0 atom stereocenters. The van der Waals surface area contributed by atoms with Crippen molar-refractivity contribution in [2.24, 2.45) is 5.10 Å². The van der Waals surface area contributed by atoms with Crippen LogP contribution in [0.4, 0.5) is 5.69 Å². The highest BCUT2D eigenvalue weighted by atomic mass is 16.6. The van der Waals surface area contributed by atoms with E-state index < -0.39 is 5.97 Å². The van der Waals surface area contributed by atoms with Crippen LogP contribution in [0.15, 0.2) is 65.3 Å². The molecule has 0 fully saturated rings. The molecule has 1 heterocycles. The number of hydrogen-bond donors (Lipinski definition) is 0. The van der Waals surface area contributed by atoms with Crippen molar-refractivity contribution in [1.29, 1.82) is 0 Å². The van der Waals surface area contributed by atoms with Gasteiger partial charge in [0.25, 0.3) is 5.91 Å². The third-order valence-electron chi connectivity index (χ3n) is 3.84. The zero-order valence-electron chi connectivity index (χ0n) is 14.5. The van der Waals surface area contributed by atoms with Crippen molar-refractivity contribution in [1.82, 2.24) is 0 Å². The average molecular weight is 350 g/mol. The van der Waals surface area contributed by atoms with Crippen LogP contribution in [0.2, 0.25) is 0 Å². The molecule has 132 valence electrons. The van der Waals surface area contributed by atoms with E-state index in [-0.39, 0.29) is 12.5 Å². The number of methoxy groups -OCH3 is 1. The van der Waals surface area contributed by atoms with E-state index in [1.807, 2.05) is 42.5 Å². The Kier molecular flexibility index (Phi) is 5.12. The molecule has 1 aliphatic heterocycles. The summed E-state index contributed by atoms with van der Waals surface area (Å²) in [7, 11) is 1.31.